The number of hydrogen-bond acceptors (Lipinski definition) is 5. The molecule has 0 aliphatic carbocycles. The zero-order valence-corrected chi connectivity index (χ0v) is 10.9. The molecule has 0 unspecified atom stereocenters. The summed E-state index contributed by atoms with van der Waals surface area (Å²) in [6.45, 7) is 2.63. The molecule has 0 atom stereocenters. The molecule has 2 rings (SSSR count). The fourth-order valence-corrected chi connectivity index (χ4v) is 1.67. The van der Waals surface area contributed by atoms with E-state index < -0.39 is 11.0 Å². The number of rotatable bonds is 3. The fourth-order valence-electron chi connectivity index (χ4n) is 1.67. The van der Waals surface area contributed by atoms with Crippen LogP contribution in [0.15, 0.2) is 29.3 Å². The van der Waals surface area contributed by atoms with Gasteiger partial charge in [0.15, 0.2) is 0 Å². The Balaban J connectivity index is 1.91. The van der Waals surface area contributed by atoms with Gasteiger partial charge in [-0.05, 0) is 24.6 Å². The van der Waals surface area contributed by atoms with E-state index in [0.29, 0.717) is 24.5 Å². The summed E-state index contributed by atoms with van der Waals surface area (Å²) in [6, 6.07) is 5.86. The Morgan fingerprint density at radius 3 is 2.80 bits per heavy atom. The van der Waals surface area contributed by atoms with Crippen LogP contribution >= 0.6 is 0 Å². The van der Waals surface area contributed by atoms with Crippen LogP contribution in [0, 0.1) is 16.5 Å². The van der Waals surface area contributed by atoms with Crippen LogP contribution in [0.2, 0.25) is 0 Å². The number of hydrogen-bond donors (Lipinski definition) is 0. The lowest BCUT2D eigenvalue weighted by atomic mass is 10.2. The quantitative estimate of drug-likeness (QED) is 0.624. The van der Waals surface area contributed by atoms with E-state index in [-0.39, 0.29) is 12.3 Å². The molecule has 1 aromatic rings. The summed E-state index contributed by atoms with van der Waals surface area (Å²) in [4.78, 5) is 27.3. The molecule has 0 N–H and O–H groups in total. The second-order valence-electron chi connectivity index (χ2n) is 4.18. The maximum Gasteiger partial charge on any atom is 0.415 e. The summed E-state index contributed by atoms with van der Waals surface area (Å²) >= 11 is 0. The van der Waals surface area contributed by atoms with Gasteiger partial charge in [-0.25, -0.2) is 4.79 Å². The molecule has 1 aromatic carbocycles. The van der Waals surface area contributed by atoms with Crippen LogP contribution in [-0.2, 0) is 11.3 Å². The van der Waals surface area contributed by atoms with E-state index in [0.717, 1.165) is 0 Å². The maximum absolute atomic E-state index is 11.8. The summed E-state index contributed by atoms with van der Waals surface area (Å²) in [7, 11) is 0. The summed E-state index contributed by atoms with van der Waals surface area (Å²) in [5, 5.41) is 10.5. The van der Waals surface area contributed by atoms with Crippen molar-refractivity contribution in [3.05, 3.63) is 46.4 Å². The smallest absolute Gasteiger partial charge is 0.415 e. The molecule has 1 heterocycles. The monoisotopic (exact) mass is 275 g/mol. The lowest BCUT2D eigenvalue weighted by Crippen LogP contribution is -2.39. The molecule has 0 saturated heterocycles. The van der Waals surface area contributed by atoms with Crippen molar-refractivity contribution >= 4 is 17.6 Å². The minimum absolute atomic E-state index is 0.00304. The Bertz CT molecular complexity index is 539. The zero-order chi connectivity index (χ0) is 14.5. The molecular weight excluding hydrogens is 262 g/mol. The van der Waals surface area contributed by atoms with Gasteiger partial charge in [0.25, 0.3) is 5.69 Å². The molecule has 7 nitrogen and oxygen atoms in total. The maximum atomic E-state index is 11.8. The van der Waals surface area contributed by atoms with Crippen molar-refractivity contribution in [3.63, 3.8) is 0 Å². The van der Waals surface area contributed by atoms with Crippen molar-refractivity contribution in [2.45, 2.75) is 13.5 Å². The van der Waals surface area contributed by atoms with Crippen LogP contribution in [0.3, 0.4) is 0 Å². The normalized spacial score (nSPS) is 14.7. The average molecular weight is 275 g/mol. The molecule has 0 bridgehead atoms. The van der Waals surface area contributed by atoms with Crippen molar-refractivity contribution in [3.8, 4) is 0 Å². The van der Waals surface area contributed by atoms with Gasteiger partial charge in [-0.3, -0.25) is 20.0 Å². The van der Waals surface area contributed by atoms with Gasteiger partial charge in [0.1, 0.15) is 12.4 Å². The second-order valence-corrected chi connectivity index (χ2v) is 4.18. The van der Waals surface area contributed by atoms with Crippen molar-refractivity contribution in [2.75, 3.05) is 13.1 Å². The lowest BCUT2D eigenvalue weighted by molar-refractivity contribution is -0.384. The van der Waals surface area contributed by atoms with E-state index in [1.807, 2.05) is 0 Å². The third kappa shape index (κ3) is 3.31. The first kappa shape index (κ1) is 14.0. The topological polar surface area (TPSA) is 85.0 Å². The molecule has 20 heavy (non-hydrogen) atoms. The Kier molecular flexibility index (Phi) is 4.29. The number of carbonyl (C=O) groups is 1. The van der Waals surface area contributed by atoms with Gasteiger partial charge in [0, 0.05) is 31.6 Å². The lowest BCUT2D eigenvalue weighted by Gasteiger charge is -2.24. The van der Waals surface area contributed by atoms with E-state index in [9.17, 15) is 14.9 Å². The highest BCUT2D eigenvalue weighted by Crippen LogP contribution is 2.13. The highest BCUT2D eigenvalue weighted by Gasteiger charge is 2.20. The van der Waals surface area contributed by atoms with Gasteiger partial charge in [-0.2, -0.15) is 0 Å². The van der Waals surface area contributed by atoms with Crippen LogP contribution in [0.4, 0.5) is 10.5 Å². The predicted octanol–water partition coefficient (Wildman–Crippen LogP) is 2.05. The van der Waals surface area contributed by atoms with E-state index in [1.54, 1.807) is 19.1 Å². The molecule has 1 amide bonds. The van der Waals surface area contributed by atoms with Gasteiger partial charge in [-0.1, -0.05) is 0 Å². The standard InChI is InChI=1S/C13H13N3O4/c1-10-14-7-2-8-15(10)13(17)20-9-11-3-5-12(6-4-11)16(18)19/h3-6H,7-9H2,1H3. The molecule has 0 saturated carbocycles. The number of benzene rings is 1. The van der Waals surface area contributed by atoms with Crippen molar-refractivity contribution in [1.29, 1.82) is 0 Å². The minimum atomic E-state index is -0.503. The number of nitro benzene ring substituents is 1. The zero-order valence-electron chi connectivity index (χ0n) is 10.9. The van der Waals surface area contributed by atoms with E-state index in [4.69, 9.17) is 4.74 Å². The number of ether oxygens (including phenoxy) is 1. The Labute approximate surface area is 116 Å². The number of non-ortho nitro benzene ring substituents is 1. The number of carbonyl (C=O) groups excluding carboxylic acids is 1. The molecule has 7 heteroatoms. The summed E-state index contributed by atoms with van der Waals surface area (Å²) < 4.78 is 5.13. The molecule has 0 aromatic heterocycles. The third-order valence-electron chi connectivity index (χ3n) is 2.81. The van der Waals surface area contributed by atoms with Crippen LogP contribution in [0.5, 0.6) is 0 Å². The first-order valence-corrected chi connectivity index (χ1v) is 5.97. The van der Waals surface area contributed by atoms with Crippen LogP contribution in [0.1, 0.15) is 12.5 Å². The molecular formula is C13H13N3O4. The molecule has 104 valence electrons. The number of amidine groups is 1. The minimum Gasteiger partial charge on any atom is -0.444 e. The van der Waals surface area contributed by atoms with E-state index in [1.165, 1.54) is 17.0 Å². The Morgan fingerprint density at radius 1 is 1.50 bits per heavy atom. The molecule has 0 spiro atoms. The first-order valence-electron chi connectivity index (χ1n) is 5.97. The predicted molar refractivity (Wildman–Crippen MR) is 71.2 cm³/mol. The van der Waals surface area contributed by atoms with Gasteiger partial charge < -0.3 is 4.74 Å². The van der Waals surface area contributed by atoms with Crippen molar-refractivity contribution < 1.29 is 14.5 Å². The van der Waals surface area contributed by atoms with Gasteiger partial charge in [0.2, 0.25) is 0 Å². The first-order chi connectivity index (χ1) is 9.58. The molecule has 1 aliphatic rings. The van der Waals surface area contributed by atoms with E-state index >= 15 is 0 Å². The average Bonchev–Trinajstić information content (AvgIpc) is 2.45. The molecule has 1 aliphatic heterocycles. The number of aliphatic imine (C=N–C) groups is 1. The Morgan fingerprint density at radius 2 is 2.20 bits per heavy atom. The Hall–Kier alpha value is -2.44. The molecule has 0 fully saturated rings. The third-order valence-corrected chi connectivity index (χ3v) is 2.81. The highest BCUT2D eigenvalue weighted by atomic mass is 16.6. The van der Waals surface area contributed by atoms with E-state index in [2.05, 4.69) is 11.4 Å². The summed E-state index contributed by atoms with van der Waals surface area (Å²) in [5.41, 5.74) is 0.687. The largest absolute Gasteiger partial charge is 0.444 e. The van der Waals surface area contributed by atoms with Gasteiger partial charge >= 0.3 is 6.09 Å². The van der Waals surface area contributed by atoms with Crippen LogP contribution in [0.25, 0.3) is 0 Å². The second kappa shape index (κ2) is 6.14. The van der Waals surface area contributed by atoms with Crippen molar-refractivity contribution in [1.82, 2.24) is 4.90 Å². The van der Waals surface area contributed by atoms with Gasteiger partial charge in [-0.15, -0.1) is 0 Å². The number of nitro groups is 1. The van der Waals surface area contributed by atoms with Gasteiger partial charge in [0.05, 0.1) is 4.92 Å². The van der Waals surface area contributed by atoms with Crippen LogP contribution < -0.4 is 0 Å². The highest BCUT2D eigenvalue weighted by molar-refractivity contribution is 5.94. The molecule has 2 radical (unpaired) electrons. The number of nitrogens with zero attached hydrogens (tertiary/aromatic N) is 3. The SMILES string of the molecule is CC1=NC[C]CN1C(=O)OCc1ccc([N+](=O)[O-])cc1. The summed E-state index contributed by atoms with van der Waals surface area (Å²) in [5.74, 6) is 0.595. The van der Waals surface area contributed by atoms with Crippen LogP contribution in [-0.4, -0.2) is 34.8 Å². The number of amides is 1. The fraction of sp³-hybridized carbons (Fsp3) is 0.308. The summed E-state index contributed by atoms with van der Waals surface area (Å²) in [6.07, 6.45) is 2.42. The van der Waals surface area contributed by atoms with Crippen molar-refractivity contribution in [2.24, 2.45) is 4.99 Å².